The Hall–Kier alpha value is -0.910. The average molecular weight is 269 g/mol. The molecule has 1 N–H and O–H groups in total. The highest BCUT2D eigenvalue weighted by Crippen LogP contribution is 2.08. The maximum atomic E-state index is 5.39. The van der Waals surface area contributed by atoms with E-state index < -0.39 is 0 Å². The second kappa shape index (κ2) is 9.95. The highest BCUT2D eigenvalue weighted by Gasteiger charge is 2.03. The smallest absolute Gasteiger partial charge is 0.0762 e. The molecular formula is C14H27N3O2. The monoisotopic (exact) mass is 269 g/mol. The van der Waals surface area contributed by atoms with Gasteiger partial charge in [-0.3, -0.25) is 4.68 Å². The lowest BCUT2D eigenvalue weighted by atomic mass is 10.3. The number of rotatable bonds is 11. The summed E-state index contributed by atoms with van der Waals surface area (Å²) in [5.74, 6) is 0. The van der Waals surface area contributed by atoms with Gasteiger partial charge in [0, 0.05) is 32.5 Å². The van der Waals surface area contributed by atoms with Gasteiger partial charge in [-0.25, -0.2) is 0 Å². The summed E-state index contributed by atoms with van der Waals surface area (Å²) >= 11 is 0. The molecule has 0 fully saturated rings. The van der Waals surface area contributed by atoms with Crippen LogP contribution in [-0.2, 0) is 16.0 Å². The van der Waals surface area contributed by atoms with Gasteiger partial charge in [-0.15, -0.1) is 0 Å². The molecule has 0 aliphatic carbocycles. The third-order valence-corrected chi connectivity index (χ3v) is 3.09. The molecule has 0 spiro atoms. The van der Waals surface area contributed by atoms with Crippen molar-refractivity contribution in [2.45, 2.75) is 39.3 Å². The summed E-state index contributed by atoms with van der Waals surface area (Å²) in [5, 5.41) is 7.92. The predicted octanol–water partition coefficient (Wildman–Crippen LogP) is 2.00. The zero-order valence-corrected chi connectivity index (χ0v) is 12.4. The number of hydrogen-bond acceptors (Lipinski definition) is 4. The van der Waals surface area contributed by atoms with Crippen LogP contribution in [0.3, 0.4) is 0 Å². The Labute approximate surface area is 116 Å². The van der Waals surface area contributed by atoms with Gasteiger partial charge in [0.15, 0.2) is 0 Å². The minimum Gasteiger partial charge on any atom is -0.382 e. The highest BCUT2D eigenvalue weighted by molar-refractivity contribution is 4.99. The van der Waals surface area contributed by atoms with E-state index in [-0.39, 0.29) is 0 Å². The Morgan fingerprint density at radius 3 is 2.95 bits per heavy atom. The normalized spacial score (nSPS) is 12.8. The van der Waals surface area contributed by atoms with Gasteiger partial charge in [0.25, 0.3) is 0 Å². The van der Waals surface area contributed by atoms with Crippen LogP contribution in [0, 0.1) is 0 Å². The van der Waals surface area contributed by atoms with Crippen molar-refractivity contribution in [1.82, 2.24) is 15.1 Å². The standard InChI is InChI=1S/C14H27N3O2/c1-4-13(2)17-8-6-14(16-17)12-15-7-5-9-19-11-10-18-3/h6,8,13,15H,4-5,7,9-12H2,1-3H3. The van der Waals surface area contributed by atoms with E-state index in [0.29, 0.717) is 19.3 Å². The van der Waals surface area contributed by atoms with Gasteiger partial charge in [-0.1, -0.05) is 6.92 Å². The van der Waals surface area contributed by atoms with Crippen LogP contribution in [0.5, 0.6) is 0 Å². The molecule has 0 amide bonds. The fraction of sp³-hybridized carbons (Fsp3) is 0.786. The van der Waals surface area contributed by atoms with E-state index >= 15 is 0 Å². The Morgan fingerprint density at radius 1 is 1.37 bits per heavy atom. The quantitative estimate of drug-likeness (QED) is 0.624. The molecule has 1 atom stereocenters. The van der Waals surface area contributed by atoms with Crippen molar-refractivity contribution in [2.24, 2.45) is 0 Å². The van der Waals surface area contributed by atoms with Gasteiger partial charge >= 0.3 is 0 Å². The van der Waals surface area contributed by atoms with Gasteiger partial charge in [0.05, 0.1) is 18.9 Å². The van der Waals surface area contributed by atoms with Crippen LogP contribution in [-0.4, -0.2) is 43.3 Å². The van der Waals surface area contributed by atoms with Crippen LogP contribution in [0.2, 0.25) is 0 Å². The van der Waals surface area contributed by atoms with Crippen LogP contribution in [0.15, 0.2) is 12.3 Å². The molecule has 1 unspecified atom stereocenters. The van der Waals surface area contributed by atoms with Gasteiger partial charge in [-0.05, 0) is 32.4 Å². The van der Waals surface area contributed by atoms with E-state index in [9.17, 15) is 0 Å². The van der Waals surface area contributed by atoms with Crippen molar-refractivity contribution in [3.8, 4) is 0 Å². The maximum absolute atomic E-state index is 5.39. The molecule has 1 aromatic heterocycles. The minimum atomic E-state index is 0.475. The van der Waals surface area contributed by atoms with E-state index in [1.165, 1.54) is 0 Å². The lowest BCUT2D eigenvalue weighted by Crippen LogP contribution is -2.17. The number of nitrogens with zero attached hydrogens (tertiary/aromatic N) is 2. The van der Waals surface area contributed by atoms with Gasteiger partial charge in [0.1, 0.15) is 0 Å². The lowest BCUT2D eigenvalue weighted by Gasteiger charge is -2.08. The first-order valence-electron chi connectivity index (χ1n) is 7.09. The molecule has 1 rings (SSSR count). The predicted molar refractivity (Wildman–Crippen MR) is 76.2 cm³/mol. The Kier molecular flexibility index (Phi) is 8.45. The number of methoxy groups -OCH3 is 1. The van der Waals surface area contributed by atoms with Gasteiger partial charge < -0.3 is 14.8 Å². The molecule has 0 aromatic carbocycles. The summed E-state index contributed by atoms with van der Waals surface area (Å²) in [6.45, 7) is 8.24. The van der Waals surface area contributed by atoms with Crippen molar-refractivity contribution in [3.63, 3.8) is 0 Å². The van der Waals surface area contributed by atoms with Crippen LogP contribution < -0.4 is 5.32 Å². The summed E-state index contributed by atoms with van der Waals surface area (Å²) in [7, 11) is 1.68. The molecule has 0 bridgehead atoms. The van der Waals surface area contributed by atoms with Crippen molar-refractivity contribution < 1.29 is 9.47 Å². The molecule has 0 aliphatic heterocycles. The minimum absolute atomic E-state index is 0.475. The lowest BCUT2D eigenvalue weighted by molar-refractivity contribution is 0.0694. The van der Waals surface area contributed by atoms with Gasteiger partial charge in [0.2, 0.25) is 0 Å². The summed E-state index contributed by atoms with van der Waals surface area (Å²) in [4.78, 5) is 0. The third-order valence-electron chi connectivity index (χ3n) is 3.09. The molecular weight excluding hydrogens is 242 g/mol. The van der Waals surface area contributed by atoms with E-state index in [1.54, 1.807) is 7.11 Å². The van der Waals surface area contributed by atoms with Crippen LogP contribution in [0.1, 0.15) is 38.4 Å². The Balaban J connectivity index is 2.04. The van der Waals surface area contributed by atoms with Crippen LogP contribution in [0.4, 0.5) is 0 Å². The summed E-state index contributed by atoms with van der Waals surface area (Å²) in [6, 6.07) is 2.55. The molecule has 5 nitrogen and oxygen atoms in total. The molecule has 19 heavy (non-hydrogen) atoms. The maximum Gasteiger partial charge on any atom is 0.0762 e. The van der Waals surface area contributed by atoms with Crippen molar-refractivity contribution in [2.75, 3.05) is 33.5 Å². The largest absolute Gasteiger partial charge is 0.382 e. The van der Waals surface area contributed by atoms with Crippen LogP contribution >= 0.6 is 0 Å². The number of ether oxygens (including phenoxy) is 2. The summed E-state index contributed by atoms with van der Waals surface area (Å²) < 4.78 is 12.3. The van der Waals surface area contributed by atoms with Crippen molar-refractivity contribution in [3.05, 3.63) is 18.0 Å². The summed E-state index contributed by atoms with van der Waals surface area (Å²) in [6.07, 6.45) is 4.17. The van der Waals surface area contributed by atoms with Crippen molar-refractivity contribution >= 4 is 0 Å². The van der Waals surface area contributed by atoms with E-state index in [2.05, 4.69) is 36.5 Å². The fourth-order valence-electron chi connectivity index (χ4n) is 1.66. The zero-order chi connectivity index (χ0) is 13.9. The first kappa shape index (κ1) is 16.1. The number of nitrogens with one attached hydrogen (secondary N) is 1. The first-order valence-corrected chi connectivity index (χ1v) is 7.09. The van der Waals surface area contributed by atoms with E-state index in [1.807, 2.05) is 4.68 Å². The van der Waals surface area contributed by atoms with Crippen molar-refractivity contribution in [1.29, 1.82) is 0 Å². The molecule has 0 aliphatic rings. The first-order chi connectivity index (χ1) is 9.27. The molecule has 0 saturated heterocycles. The Morgan fingerprint density at radius 2 is 2.21 bits per heavy atom. The topological polar surface area (TPSA) is 48.3 Å². The van der Waals surface area contributed by atoms with E-state index in [4.69, 9.17) is 9.47 Å². The number of aromatic nitrogens is 2. The fourth-order valence-corrected chi connectivity index (χ4v) is 1.66. The SMILES string of the molecule is CCC(C)n1ccc(CNCCCOCCOC)n1. The number of hydrogen-bond donors (Lipinski definition) is 1. The van der Waals surface area contributed by atoms with Gasteiger partial charge in [-0.2, -0.15) is 5.10 Å². The molecule has 0 radical (unpaired) electrons. The summed E-state index contributed by atoms with van der Waals surface area (Å²) in [5.41, 5.74) is 1.10. The molecule has 0 saturated carbocycles. The highest BCUT2D eigenvalue weighted by atomic mass is 16.5. The average Bonchev–Trinajstić information content (AvgIpc) is 2.89. The van der Waals surface area contributed by atoms with E-state index in [0.717, 1.165) is 38.2 Å². The zero-order valence-electron chi connectivity index (χ0n) is 12.4. The molecule has 5 heteroatoms. The Bertz CT molecular complexity index is 328. The molecule has 1 aromatic rings. The second-order valence-electron chi connectivity index (χ2n) is 4.68. The third kappa shape index (κ3) is 6.71. The molecule has 1 heterocycles. The molecule has 110 valence electrons. The second-order valence-corrected chi connectivity index (χ2v) is 4.68. The van der Waals surface area contributed by atoms with Crippen LogP contribution in [0.25, 0.3) is 0 Å².